The number of hydrogen-bond acceptors (Lipinski definition) is 10. The second kappa shape index (κ2) is 11.9. The standard InChI is InChI=1S/C30H35N9O2S/c1-19-23(35-30(41)20-5-10-25-24(16-20)33-18-42-25)4-3-11-39(19)26-17-32-27(28(31)40)29(36-26)34-21-6-8-22(9-7-21)38-14-12-37(2)13-15-38/h5-10,16-19,23H,3-4,11-15H2,1-2H3,(H2,31,40)(H,34,36)(H,35,41)/t19-,23-/m1/s1. The van der Waals surface area contributed by atoms with Gasteiger partial charge in [-0.15, -0.1) is 11.3 Å². The predicted molar refractivity (Wildman–Crippen MR) is 167 cm³/mol. The predicted octanol–water partition coefficient (Wildman–Crippen LogP) is 3.47. The Morgan fingerprint density at radius 1 is 1.02 bits per heavy atom. The fourth-order valence-electron chi connectivity index (χ4n) is 5.65. The second-order valence-electron chi connectivity index (χ2n) is 10.9. The van der Waals surface area contributed by atoms with Crippen molar-refractivity contribution < 1.29 is 9.59 Å². The van der Waals surface area contributed by atoms with Crippen LogP contribution < -0.4 is 26.2 Å². The quantitative estimate of drug-likeness (QED) is 0.298. The number of primary amides is 1. The van der Waals surface area contributed by atoms with E-state index in [4.69, 9.17) is 10.7 Å². The molecule has 2 saturated heterocycles. The van der Waals surface area contributed by atoms with Gasteiger partial charge in [0.25, 0.3) is 11.8 Å². The molecular weight excluding hydrogens is 550 g/mol. The van der Waals surface area contributed by atoms with E-state index in [1.807, 2.05) is 30.3 Å². The molecule has 2 atom stereocenters. The third-order valence-corrected chi connectivity index (χ3v) is 8.99. The molecule has 0 aliphatic carbocycles. The Hall–Kier alpha value is -4.29. The first kappa shape index (κ1) is 27.9. The number of rotatable bonds is 7. The molecule has 0 bridgehead atoms. The van der Waals surface area contributed by atoms with Gasteiger partial charge < -0.3 is 31.1 Å². The van der Waals surface area contributed by atoms with Crippen molar-refractivity contribution in [3.05, 3.63) is 65.4 Å². The van der Waals surface area contributed by atoms with Crippen molar-refractivity contribution >= 4 is 56.4 Å². The molecule has 42 heavy (non-hydrogen) atoms. The van der Waals surface area contributed by atoms with Crippen LogP contribution in [-0.2, 0) is 0 Å². The molecule has 2 fully saturated rings. The molecule has 4 N–H and O–H groups in total. The highest BCUT2D eigenvalue weighted by molar-refractivity contribution is 7.16. The maximum Gasteiger partial charge on any atom is 0.271 e. The molecule has 0 saturated carbocycles. The van der Waals surface area contributed by atoms with Crippen LogP contribution >= 0.6 is 11.3 Å². The Bertz CT molecular complexity index is 1580. The number of nitrogens with zero attached hydrogens (tertiary/aromatic N) is 6. The Morgan fingerprint density at radius 3 is 2.57 bits per heavy atom. The van der Waals surface area contributed by atoms with Crippen molar-refractivity contribution in [2.24, 2.45) is 5.73 Å². The average Bonchev–Trinajstić information content (AvgIpc) is 3.47. The number of piperazine rings is 1. The minimum atomic E-state index is -0.653. The van der Waals surface area contributed by atoms with E-state index in [0.717, 1.165) is 67.2 Å². The maximum absolute atomic E-state index is 13.1. The molecule has 11 nitrogen and oxygen atoms in total. The average molecular weight is 586 g/mol. The molecule has 4 aromatic rings. The molecule has 4 heterocycles. The van der Waals surface area contributed by atoms with Crippen molar-refractivity contribution in [2.45, 2.75) is 31.8 Å². The largest absolute Gasteiger partial charge is 0.369 e. The van der Waals surface area contributed by atoms with Gasteiger partial charge in [0.15, 0.2) is 11.5 Å². The van der Waals surface area contributed by atoms with Crippen LogP contribution in [0, 0.1) is 0 Å². The van der Waals surface area contributed by atoms with Gasteiger partial charge in [0, 0.05) is 61.7 Å². The minimum absolute atomic E-state index is 0.0462. The summed E-state index contributed by atoms with van der Waals surface area (Å²) in [4.78, 5) is 45.7. The molecule has 2 amide bonds. The van der Waals surface area contributed by atoms with Gasteiger partial charge in [-0.1, -0.05) is 0 Å². The topological polar surface area (TPSA) is 133 Å². The van der Waals surface area contributed by atoms with Gasteiger partial charge in [-0.25, -0.2) is 15.0 Å². The van der Waals surface area contributed by atoms with Crippen molar-refractivity contribution in [3.63, 3.8) is 0 Å². The van der Waals surface area contributed by atoms with Crippen LogP contribution in [0.15, 0.2) is 54.2 Å². The van der Waals surface area contributed by atoms with E-state index in [1.165, 1.54) is 0 Å². The molecule has 218 valence electrons. The molecule has 2 aliphatic heterocycles. The van der Waals surface area contributed by atoms with Crippen molar-refractivity contribution in [3.8, 4) is 0 Å². The number of carbonyl (C=O) groups is 2. The van der Waals surface area contributed by atoms with Crippen molar-refractivity contribution in [1.29, 1.82) is 0 Å². The molecule has 0 unspecified atom stereocenters. The number of hydrogen-bond donors (Lipinski definition) is 3. The summed E-state index contributed by atoms with van der Waals surface area (Å²) in [5, 5.41) is 6.47. The molecule has 0 spiro atoms. The lowest BCUT2D eigenvalue weighted by Crippen LogP contribution is -2.54. The summed E-state index contributed by atoms with van der Waals surface area (Å²) in [6, 6.07) is 13.6. The highest BCUT2D eigenvalue weighted by Gasteiger charge is 2.31. The minimum Gasteiger partial charge on any atom is -0.369 e. The SMILES string of the molecule is C[C@@H]1[C@H](NC(=O)c2ccc3scnc3c2)CCCN1c1cnc(C(N)=O)c(Nc2ccc(N3CCN(C)CC3)cc2)n1. The molecule has 6 rings (SSSR count). The molecule has 2 aromatic carbocycles. The Labute approximate surface area is 248 Å². The monoisotopic (exact) mass is 585 g/mol. The van der Waals surface area contributed by atoms with E-state index >= 15 is 0 Å². The van der Waals surface area contributed by atoms with Crippen LogP contribution in [0.25, 0.3) is 10.2 Å². The maximum atomic E-state index is 13.1. The molecule has 2 aliphatic rings. The first-order valence-corrected chi connectivity index (χ1v) is 15.1. The molecule has 2 aromatic heterocycles. The van der Waals surface area contributed by atoms with Crippen LogP contribution in [0.4, 0.5) is 23.0 Å². The fraction of sp³-hybridized carbons (Fsp3) is 0.367. The number of fused-ring (bicyclic) bond motifs is 1. The number of carbonyl (C=O) groups excluding carboxylic acids is 2. The lowest BCUT2D eigenvalue weighted by atomic mass is 9.97. The highest BCUT2D eigenvalue weighted by Crippen LogP contribution is 2.28. The van der Waals surface area contributed by atoms with E-state index in [9.17, 15) is 9.59 Å². The summed E-state index contributed by atoms with van der Waals surface area (Å²) in [5.74, 6) is 0.148. The number of piperidine rings is 1. The first-order chi connectivity index (χ1) is 20.4. The van der Waals surface area contributed by atoms with E-state index < -0.39 is 5.91 Å². The number of nitrogens with one attached hydrogen (secondary N) is 2. The van der Waals surface area contributed by atoms with Crippen LogP contribution in [0.5, 0.6) is 0 Å². The Balaban J connectivity index is 1.17. The number of amides is 2. The van der Waals surface area contributed by atoms with Crippen molar-refractivity contribution in [2.75, 3.05) is 54.9 Å². The van der Waals surface area contributed by atoms with E-state index in [-0.39, 0.29) is 23.7 Å². The number of anilines is 4. The molecule has 12 heteroatoms. The summed E-state index contributed by atoms with van der Waals surface area (Å²) in [5.41, 5.74) is 10.9. The van der Waals surface area contributed by atoms with Crippen LogP contribution in [0.1, 0.15) is 40.6 Å². The van der Waals surface area contributed by atoms with E-state index in [2.05, 4.69) is 61.4 Å². The summed E-state index contributed by atoms with van der Waals surface area (Å²) in [6.45, 7) is 6.86. The zero-order valence-corrected chi connectivity index (χ0v) is 24.6. The number of likely N-dealkylation sites (N-methyl/N-ethyl adjacent to an activating group) is 1. The number of aromatic nitrogens is 3. The van der Waals surface area contributed by atoms with Gasteiger partial charge in [0.2, 0.25) is 0 Å². The van der Waals surface area contributed by atoms with Gasteiger partial charge in [-0.05, 0) is 69.3 Å². The fourth-order valence-corrected chi connectivity index (χ4v) is 6.31. The number of thiazole rings is 1. The summed E-state index contributed by atoms with van der Waals surface area (Å²) < 4.78 is 1.05. The Kier molecular flexibility index (Phi) is 7.90. The lowest BCUT2D eigenvalue weighted by Gasteiger charge is -2.40. The van der Waals surface area contributed by atoms with Crippen molar-refractivity contribution in [1.82, 2.24) is 25.2 Å². The normalized spacial score (nSPS) is 19.6. The second-order valence-corrected chi connectivity index (χ2v) is 11.8. The number of benzene rings is 2. The summed E-state index contributed by atoms with van der Waals surface area (Å²) >= 11 is 1.55. The van der Waals surface area contributed by atoms with Gasteiger partial charge >= 0.3 is 0 Å². The van der Waals surface area contributed by atoms with Crippen LogP contribution in [-0.4, -0.2) is 83.5 Å². The van der Waals surface area contributed by atoms with Gasteiger partial charge in [0.1, 0.15) is 5.82 Å². The Morgan fingerprint density at radius 2 is 1.81 bits per heavy atom. The van der Waals surface area contributed by atoms with Gasteiger partial charge in [-0.2, -0.15) is 0 Å². The van der Waals surface area contributed by atoms with Gasteiger partial charge in [-0.3, -0.25) is 9.59 Å². The highest BCUT2D eigenvalue weighted by atomic mass is 32.1. The summed E-state index contributed by atoms with van der Waals surface area (Å²) in [7, 11) is 2.14. The third kappa shape index (κ3) is 5.86. The zero-order valence-electron chi connectivity index (χ0n) is 23.8. The zero-order chi connectivity index (χ0) is 29.2. The van der Waals surface area contributed by atoms with Crippen LogP contribution in [0.2, 0.25) is 0 Å². The molecular formula is C30H35N9O2S. The molecule has 0 radical (unpaired) electrons. The lowest BCUT2D eigenvalue weighted by molar-refractivity contribution is 0.0923. The summed E-state index contributed by atoms with van der Waals surface area (Å²) in [6.07, 6.45) is 3.30. The third-order valence-electron chi connectivity index (χ3n) is 8.18. The van der Waals surface area contributed by atoms with E-state index in [1.54, 1.807) is 23.0 Å². The van der Waals surface area contributed by atoms with E-state index in [0.29, 0.717) is 17.2 Å². The first-order valence-electron chi connectivity index (χ1n) is 14.2. The smallest absolute Gasteiger partial charge is 0.271 e. The number of nitrogens with two attached hydrogens (primary N) is 1. The van der Waals surface area contributed by atoms with Gasteiger partial charge in [0.05, 0.1) is 21.9 Å². The van der Waals surface area contributed by atoms with Crippen LogP contribution in [0.3, 0.4) is 0 Å².